The van der Waals surface area contributed by atoms with Gasteiger partial charge in [-0.05, 0) is 89.0 Å². The fourth-order valence-electron chi connectivity index (χ4n) is 15.8. The number of H-pyrrole nitrogens is 3. The predicted octanol–water partition coefficient (Wildman–Crippen LogP) is -0.151. The molecule has 0 amide bonds. The Kier molecular flexibility index (Phi) is 24.8. The van der Waals surface area contributed by atoms with Crippen molar-refractivity contribution >= 4 is 213 Å². The molecule has 690 valence electrons. The molecule has 24 atom stereocenters. The van der Waals surface area contributed by atoms with Crippen LogP contribution in [0.25, 0.3) is 66.6 Å². The lowest BCUT2D eigenvalue weighted by molar-refractivity contribution is -0.0635. The molecule has 6 unspecified atom stereocenters. The van der Waals surface area contributed by atoms with Gasteiger partial charge in [-0.2, -0.15) is 29.0 Å². The van der Waals surface area contributed by atoms with E-state index in [2.05, 4.69) is 90.7 Å². The van der Waals surface area contributed by atoms with Crippen molar-refractivity contribution in [3.05, 3.63) is 86.8 Å². The van der Waals surface area contributed by atoms with Crippen molar-refractivity contribution in [2.75, 3.05) is 74.0 Å². The molecule has 21 rings (SSSR count). The zero-order valence-electron chi connectivity index (χ0n) is 65.3. The van der Waals surface area contributed by atoms with E-state index in [1.807, 2.05) is 0 Å². The highest BCUT2D eigenvalue weighted by Crippen LogP contribution is 2.59. The summed E-state index contributed by atoms with van der Waals surface area (Å²) in [7, 11) is 0. The smallest absolute Gasteiger partial charge is 0.325 e. The van der Waals surface area contributed by atoms with Crippen molar-refractivity contribution in [1.29, 1.82) is 0 Å². The first-order valence-corrected chi connectivity index (χ1v) is 53.8. The number of aromatic nitrogens is 24. The molecule has 0 radical (unpaired) electrons. The van der Waals surface area contributed by atoms with Gasteiger partial charge in [0.05, 0.1) is 92.4 Å². The van der Waals surface area contributed by atoms with Gasteiger partial charge in [0.2, 0.25) is 17.8 Å². The fourth-order valence-corrected chi connectivity index (χ4v) is 24.6. The molecule has 12 aromatic heterocycles. The first kappa shape index (κ1) is 90.6. The molecular weight excluding hydrogens is 1950 g/mol. The first-order valence-electron chi connectivity index (χ1n) is 38.3. The van der Waals surface area contributed by atoms with Crippen LogP contribution in [0.1, 0.15) is 75.9 Å². The van der Waals surface area contributed by atoms with Gasteiger partial charge in [0, 0.05) is 57.1 Å². The topological polar surface area (TPSA) is 765 Å². The van der Waals surface area contributed by atoms with E-state index in [1.165, 1.54) is 33.0 Å². The molecule has 21 N–H and O–H groups in total. The van der Waals surface area contributed by atoms with Crippen molar-refractivity contribution in [1.82, 2.24) is 118 Å². The standard InChI is InChI=1S/3C20H24N10O9P2S2/c3*21-15-9-1-2-29(16(9)24-7-23-15)13-4-10-12(37-13)6-35-41(33,43)39-11-3-8(5-34-40(32,42)38-10)36-19(11)30-17-14(27-28-30)18(31)26-20(22)25-17/h3*1-2,7-8,10-13,19H,3-6H2,(H,32,42)(H,33,43)(H2,21,23,24)(H3,22,25,26,31)/t3*8-,10-,11+,12+,13+,19+,40?,41?/m000/s1. The molecule has 9 fully saturated rings. The average molecular weight is 2020 g/mol. The Bertz CT molecular complexity index is 6250. The summed E-state index contributed by atoms with van der Waals surface area (Å²) in [6.07, 6.45) is -4.94. The van der Waals surface area contributed by atoms with E-state index in [9.17, 15) is 43.7 Å². The summed E-state index contributed by atoms with van der Waals surface area (Å²) in [5.74, 6) is 0.422. The number of anilines is 6. The minimum atomic E-state index is -3.95. The predicted molar refractivity (Wildman–Crippen MR) is 462 cm³/mol. The molecule has 0 spiro atoms. The van der Waals surface area contributed by atoms with Crippen LogP contribution >= 0.6 is 40.3 Å². The Balaban J connectivity index is 0.000000126. The number of hydrogen-bond donors (Lipinski definition) is 15. The maximum absolute atomic E-state index is 12.3. The number of nitrogen functional groups attached to an aromatic ring is 6. The monoisotopic (exact) mass is 2020 g/mol. The Morgan fingerprint density at radius 1 is 0.333 bits per heavy atom. The largest absolute Gasteiger partial charge is 0.383 e. The highest BCUT2D eigenvalue weighted by atomic mass is 32.5. The molecule has 9 aliphatic rings. The number of nitrogens with one attached hydrogen (secondary N) is 3. The Hall–Kier alpha value is -7.56. The summed E-state index contributed by atoms with van der Waals surface area (Å²) in [5, 5.41) is 25.5. The third-order valence-corrected chi connectivity index (χ3v) is 30.9. The molecule has 0 saturated carbocycles. The second kappa shape index (κ2) is 35.4. The van der Waals surface area contributed by atoms with E-state index >= 15 is 0 Å². The van der Waals surface area contributed by atoms with Crippen LogP contribution in [-0.4, -0.2) is 261 Å². The molecule has 57 nitrogen and oxygen atoms in total. The molecule has 0 aliphatic carbocycles. The van der Waals surface area contributed by atoms with Gasteiger partial charge in [0.1, 0.15) is 109 Å². The van der Waals surface area contributed by atoms with Crippen LogP contribution in [0.2, 0.25) is 0 Å². The number of nitrogens with two attached hydrogens (primary N) is 6. The van der Waals surface area contributed by atoms with Crippen LogP contribution in [0.3, 0.4) is 0 Å². The molecular formula is C60H72N30O27P6S6. The van der Waals surface area contributed by atoms with Gasteiger partial charge < -0.3 is 160 Å². The van der Waals surface area contributed by atoms with Crippen LogP contribution in [0.5, 0.6) is 0 Å². The molecule has 6 bridgehead atoms. The van der Waals surface area contributed by atoms with Crippen molar-refractivity contribution in [2.45, 2.75) is 149 Å². The number of aromatic amines is 3. The molecule has 9 aliphatic heterocycles. The number of nitrogens with zero attached hydrogens (tertiary/aromatic N) is 21. The average Bonchev–Trinajstić information content (AvgIpc) is 1.60. The SMILES string of the molecule is Nc1nc2c(nnn2[C@@H]2O[C@@H]3COP(O)(=S)O[C@H]4C[C@H](n5ccc6c(N)ncnc65)O[C@@H]4COP(O)(=S)O[C@@H]2C3)c(=O)[nH]1.Nc1nc2c(nnn2[C@@H]2O[C@@H]3COP(O)(=S)O[C@H]4C[C@H](n5ccc6c(N)ncnc65)O[C@@H]4COP(O)(=S)O[C@@H]2C3)c(=O)[nH]1.Nc1nc2c(nnn2[C@@H]2O[C@@H]3COP(O)(=S)O[C@H]4C[C@H](n5ccc6c(N)ncnc65)O[C@@H]4COP(O)(=S)O[C@@H]2C3)c(=O)[nH]1. The van der Waals surface area contributed by atoms with Crippen molar-refractivity contribution in [3.8, 4) is 0 Å². The third-order valence-electron chi connectivity index (χ3n) is 21.4. The number of hydrogen-bond acceptors (Lipinski definition) is 48. The van der Waals surface area contributed by atoms with Gasteiger partial charge >= 0.3 is 40.3 Å². The molecule has 12 aromatic rings. The zero-order chi connectivity index (χ0) is 90.3. The van der Waals surface area contributed by atoms with Gasteiger partial charge in [0.25, 0.3) is 16.7 Å². The van der Waals surface area contributed by atoms with E-state index in [0.29, 0.717) is 50.6 Å². The third kappa shape index (κ3) is 19.0. The van der Waals surface area contributed by atoms with Crippen LogP contribution in [0.15, 0.2) is 70.2 Å². The van der Waals surface area contributed by atoms with Gasteiger partial charge in [-0.1, -0.05) is 15.6 Å². The second-order valence-corrected chi connectivity index (χ2v) is 46.6. The fraction of sp³-hybridized carbons (Fsp3) is 0.500. The molecule has 69 heteroatoms. The molecule has 129 heavy (non-hydrogen) atoms. The second-order valence-electron chi connectivity index (χ2n) is 29.8. The lowest BCUT2D eigenvalue weighted by atomic mass is 10.2. The van der Waals surface area contributed by atoms with E-state index in [-0.39, 0.29) is 130 Å². The molecule has 0 aromatic carbocycles. The summed E-state index contributed by atoms with van der Waals surface area (Å²) >= 11 is 32.0. The minimum Gasteiger partial charge on any atom is -0.383 e. The van der Waals surface area contributed by atoms with Crippen LogP contribution in [0.4, 0.5) is 35.3 Å². The van der Waals surface area contributed by atoms with Crippen molar-refractivity contribution in [2.24, 2.45) is 0 Å². The molecule has 9 saturated heterocycles. The first-order chi connectivity index (χ1) is 61.4. The van der Waals surface area contributed by atoms with Gasteiger partial charge in [-0.3, -0.25) is 29.3 Å². The lowest BCUT2D eigenvalue weighted by Crippen LogP contribution is -2.29. The zero-order valence-corrected chi connectivity index (χ0v) is 75.6. The highest BCUT2D eigenvalue weighted by molar-refractivity contribution is 8.08. The summed E-state index contributed by atoms with van der Waals surface area (Å²) in [4.78, 5) is 147. The summed E-state index contributed by atoms with van der Waals surface area (Å²) < 4.78 is 115. The Labute approximate surface area is 749 Å². The van der Waals surface area contributed by atoms with E-state index in [0.717, 1.165) is 0 Å². The molecule has 21 heterocycles. The van der Waals surface area contributed by atoms with Gasteiger partial charge in [0.15, 0.2) is 52.2 Å². The maximum Gasteiger partial charge on any atom is 0.325 e. The van der Waals surface area contributed by atoms with Gasteiger partial charge in [-0.25, -0.2) is 29.9 Å². The quantitative estimate of drug-likeness (QED) is 0.0963. The van der Waals surface area contributed by atoms with E-state index < -0.39 is 168 Å². The highest BCUT2D eigenvalue weighted by Gasteiger charge is 2.52. The van der Waals surface area contributed by atoms with Crippen molar-refractivity contribution < 1.29 is 112 Å². The van der Waals surface area contributed by atoms with Crippen LogP contribution < -0.4 is 51.1 Å². The van der Waals surface area contributed by atoms with E-state index in [4.69, 9.17) is 188 Å². The maximum atomic E-state index is 12.3. The summed E-state index contributed by atoms with van der Waals surface area (Å²) in [6.45, 7) is -24.8. The van der Waals surface area contributed by atoms with Crippen molar-refractivity contribution in [3.63, 3.8) is 0 Å². The number of fused-ring (bicyclic) bond motifs is 15. The Morgan fingerprint density at radius 3 is 0.860 bits per heavy atom. The number of rotatable bonds is 6. The van der Waals surface area contributed by atoms with Gasteiger partial charge in [-0.15, -0.1) is 15.3 Å². The summed E-state index contributed by atoms with van der Waals surface area (Å²) in [5.41, 5.74) is 34.6. The minimum absolute atomic E-state index is 0.0168. The Morgan fingerprint density at radius 2 is 0.589 bits per heavy atom. The number of ether oxygens (including phenoxy) is 6. The van der Waals surface area contributed by atoms with Crippen LogP contribution in [0, 0.1) is 0 Å². The summed E-state index contributed by atoms with van der Waals surface area (Å²) in [6, 6.07) is 5.27. The van der Waals surface area contributed by atoms with E-state index in [1.54, 1.807) is 50.5 Å². The normalized spacial score (nSPS) is 35.4. The lowest BCUT2D eigenvalue weighted by Gasteiger charge is -2.27. The van der Waals surface area contributed by atoms with Crippen LogP contribution in [-0.2, 0) is 154 Å².